The largest absolute Gasteiger partial charge is 0.350 e. The lowest BCUT2D eigenvalue weighted by Crippen LogP contribution is -2.33. The molecule has 0 spiro atoms. The molecular weight excluding hydrogens is 268 g/mol. The van der Waals surface area contributed by atoms with E-state index < -0.39 is 0 Å². The van der Waals surface area contributed by atoms with Crippen LogP contribution in [0.4, 0.5) is 0 Å². The Kier molecular flexibility index (Phi) is 3.51. The Hall–Kier alpha value is -2.89. The van der Waals surface area contributed by atoms with Gasteiger partial charge in [0.25, 0.3) is 5.56 Å². The minimum Gasteiger partial charge on any atom is -0.350 e. The fraction of sp³-hybridized carbons (Fsp3) is 0.133. The number of rotatable bonds is 4. The summed E-state index contributed by atoms with van der Waals surface area (Å²) in [6.07, 6.45) is 3.25. The molecule has 0 atom stereocenters. The van der Waals surface area contributed by atoms with Crippen molar-refractivity contribution in [1.82, 2.24) is 19.5 Å². The molecule has 6 heteroatoms. The van der Waals surface area contributed by atoms with E-state index in [0.717, 1.165) is 10.2 Å². The van der Waals surface area contributed by atoms with Crippen molar-refractivity contribution in [2.24, 2.45) is 0 Å². The van der Waals surface area contributed by atoms with E-state index in [0.29, 0.717) is 12.1 Å². The number of hydrogen-bond acceptors (Lipinski definition) is 3. The summed E-state index contributed by atoms with van der Waals surface area (Å²) in [6, 6.07) is 13.1. The van der Waals surface area contributed by atoms with Crippen LogP contribution in [0.5, 0.6) is 0 Å². The third-order valence-electron chi connectivity index (χ3n) is 3.17. The van der Waals surface area contributed by atoms with E-state index in [4.69, 9.17) is 0 Å². The van der Waals surface area contributed by atoms with Crippen LogP contribution in [0.3, 0.4) is 0 Å². The van der Waals surface area contributed by atoms with Gasteiger partial charge in [-0.25, -0.2) is 4.68 Å². The summed E-state index contributed by atoms with van der Waals surface area (Å²) < 4.78 is 2.79. The second-order valence-corrected chi connectivity index (χ2v) is 4.66. The monoisotopic (exact) mass is 282 g/mol. The quantitative estimate of drug-likeness (QED) is 0.770. The summed E-state index contributed by atoms with van der Waals surface area (Å²) >= 11 is 0. The lowest BCUT2D eigenvalue weighted by Gasteiger charge is -2.07. The summed E-state index contributed by atoms with van der Waals surface area (Å²) in [4.78, 5) is 24.0. The van der Waals surface area contributed by atoms with Gasteiger partial charge < -0.3 is 9.72 Å². The number of hydrogen-bond donors (Lipinski definition) is 1. The third kappa shape index (κ3) is 2.84. The molecule has 1 N–H and O–H groups in total. The Morgan fingerprint density at radius 2 is 1.95 bits per heavy atom. The van der Waals surface area contributed by atoms with Gasteiger partial charge in [-0.3, -0.25) is 9.59 Å². The molecule has 1 aromatic carbocycles. The van der Waals surface area contributed by atoms with Crippen molar-refractivity contribution in [3.05, 3.63) is 70.9 Å². The predicted molar refractivity (Wildman–Crippen MR) is 77.7 cm³/mol. The Balaban J connectivity index is 1.69. The van der Waals surface area contributed by atoms with Crippen LogP contribution in [0.2, 0.25) is 0 Å². The van der Waals surface area contributed by atoms with Crippen molar-refractivity contribution < 1.29 is 4.79 Å². The molecule has 1 amide bonds. The van der Waals surface area contributed by atoms with Gasteiger partial charge in [0, 0.05) is 12.7 Å². The summed E-state index contributed by atoms with van der Waals surface area (Å²) in [5, 5.41) is 6.75. The maximum atomic E-state index is 12.1. The molecule has 0 aliphatic heterocycles. The van der Waals surface area contributed by atoms with Gasteiger partial charge in [-0.15, -0.1) is 0 Å². The number of carbonyl (C=O) groups is 1. The smallest absolute Gasteiger partial charge is 0.291 e. The average Bonchev–Trinajstić information content (AvgIpc) is 2.98. The number of carbonyl (C=O) groups excluding carboxylic acids is 1. The van der Waals surface area contributed by atoms with E-state index in [1.54, 1.807) is 22.7 Å². The van der Waals surface area contributed by atoms with Crippen LogP contribution >= 0.6 is 0 Å². The highest BCUT2D eigenvalue weighted by Gasteiger charge is 2.08. The molecule has 0 unspecified atom stereocenters. The zero-order chi connectivity index (χ0) is 14.7. The van der Waals surface area contributed by atoms with Crippen LogP contribution < -0.4 is 10.9 Å². The van der Waals surface area contributed by atoms with Crippen LogP contribution in [0.1, 0.15) is 5.56 Å². The highest BCUT2D eigenvalue weighted by atomic mass is 16.2. The molecule has 2 heterocycles. The van der Waals surface area contributed by atoms with E-state index in [1.165, 1.54) is 6.33 Å². The normalized spacial score (nSPS) is 10.7. The lowest BCUT2D eigenvalue weighted by molar-refractivity contribution is -0.122. The Bertz CT molecular complexity index is 820. The molecule has 3 aromatic rings. The maximum absolute atomic E-state index is 12.1. The summed E-state index contributed by atoms with van der Waals surface area (Å²) in [7, 11) is 0. The van der Waals surface area contributed by atoms with Crippen molar-refractivity contribution in [3.8, 4) is 0 Å². The minimum atomic E-state index is -0.280. The second-order valence-electron chi connectivity index (χ2n) is 4.66. The Morgan fingerprint density at radius 1 is 1.14 bits per heavy atom. The van der Waals surface area contributed by atoms with Crippen LogP contribution in [-0.4, -0.2) is 20.1 Å². The number of fused-ring (bicyclic) bond motifs is 1. The molecule has 0 aliphatic rings. The number of nitrogens with zero attached hydrogens (tertiary/aromatic N) is 3. The molecule has 106 valence electrons. The highest BCUT2D eigenvalue weighted by Crippen LogP contribution is 1.98. The average molecular weight is 282 g/mol. The number of nitrogens with one attached hydrogen (secondary N) is 1. The van der Waals surface area contributed by atoms with Gasteiger partial charge in [0.15, 0.2) is 0 Å². The molecule has 3 rings (SSSR count). The van der Waals surface area contributed by atoms with Gasteiger partial charge in [0.05, 0.1) is 0 Å². The second kappa shape index (κ2) is 5.62. The maximum Gasteiger partial charge on any atom is 0.291 e. The Morgan fingerprint density at radius 3 is 2.76 bits per heavy atom. The zero-order valence-electron chi connectivity index (χ0n) is 11.3. The van der Waals surface area contributed by atoms with Crippen LogP contribution in [0.25, 0.3) is 5.52 Å². The first kappa shape index (κ1) is 13.1. The van der Waals surface area contributed by atoms with E-state index in [9.17, 15) is 9.59 Å². The van der Waals surface area contributed by atoms with Crippen molar-refractivity contribution in [2.75, 3.05) is 0 Å². The lowest BCUT2D eigenvalue weighted by atomic mass is 10.2. The van der Waals surface area contributed by atoms with Gasteiger partial charge in [0.1, 0.15) is 18.4 Å². The molecule has 0 bridgehead atoms. The first-order chi connectivity index (χ1) is 10.2. The predicted octanol–water partition coefficient (Wildman–Crippen LogP) is 0.812. The van der Waals surface area contributed by atoms with Crippen LogP contribution in [-0.2, 0) is 17.9 Å². The third-order valence-corrected chi connectivity index (χ3v) is 3.17. The molecule has 0 aliphatic carbocycles. The molecule has 0 saturated heterocycles. The van der Waals surface area contributed by atoms with Crippen LogP contribution in [0, 0.1) is 0 Å². The summed E-state index contributed by atoms with van der Waals surface area (Å²) in [6.45, 7) is 0.342. The molecule has 0 radical (unpaired) electrons. The molecule has 6 nitrogen and oxygen atoms in total. The van der Waals surface area contributed by atoms with E-state index in [-0.39, 0.29) is 18.0 Å². The van der Waals surface area contributed by atoms with Gasteiger partial charge >= 0.3 is 0 Å². The topological polar surface area (TPSA) is 68.4 Å². The van der Waals surface area contributed by atoms with Gasteiger partial charge in [0.2, 0.25) is 5.91 Å². The van der Waals surface area contributed by atoms with Gasteiger partial charge in [-0.05, 0) is 17.7 Å². The molecule has 0 fully saturated rings. The van der Waals surface area contributed by atoms with Crippen molar-refractivity contribution in [3.63, 3.8) is 0 Å². The van der Waals surface area contributed by atoms with E-state index in [2.05, 4.69) is 10.4 Å². The molecule has 2 aromatic heterocycles. The first-order valence-corrected chi connectivity index (χ1v) is 6.57. The number of benzene rings is 1. The number of amides is 1. The zero-order valence-corrected chi connectivity index (χ0v) is 11.3. The molecule has 0 saturated carbocycles. The van der Waals surface area contributed by atoms with Crippen LogP contribution in [0.15, 0.2) is 59.8 Å². The molecular formula is C15H14N4O2. The highest BCUT2D eigenvalue weighted by molar-refractivity contribution is 5.75. The fourth-order valence-corrected chi connectivity index (χ4v) is 2.08. The van der Waals surface area contributed by atoms with E-state index >= 15 is 0 Å². The van der Waals surface area contributed by atoms with E-state index in [1.807, 2.05) is 30.3 Å². The van der Waals surface area contributed by atoms with Crippen molar-refractivity contribution >= 4 is 11.4 Å². The standard InChI is InChI=1S/C15H14N4O2/c20-14(16-9-12-5-2-1-3-6-12)10-19-15(21)13-7-4-8-18(13)11-17-19/h1-8,11H,9-10H2,(H,16,20). The SMILES string of the molecule is O=C(Cn1ncn2cccc2c1=O)NCc1ccccc1. The Labute approximate surface area is 120 Å². The minimum absolute atomic E-state index is 0.0899. The fourth-order valence-electron chi connectivity index (χ4n) is 2.08. The number of aromatic nitrogens is 3. The summed E-state index contributed by atoms with van der Waals surface area (Å²) in [5.41, 5.74) is 1.23. The molecule has 21 heavy (non-hydrogen) atoms. The van der Waals surface area contributed by atoms with Crippen molar-refractivity contribution in [2.45, 2.75) is 13.1 Å². The summed E-state index contributed by atoms with van der Waals surface area (Å²) in [5.74, 6) is -0.246. The van der Waals surface area contributed by atoms with Gasteiger partial charge in [-0.1, -0.05) is 30.3 Å². The first-order valence-electron chi connectivity index (χ1n) is 6.57. The van der Waals surface area contributed by atoms with Gasteiger partial charge in [-0.2, -0.15) is 5.10 Å². The van der Waals surface area contributed by atoms with Crippen molar-refractivity contribution in [1.29, 1.82) is 0 Å².